The number of hydrogen-bond acceptors (Lipinski definition) is 3. The number of carbonyl (C=O) groups excluding carboxylic acids is 2. The zero-order chi connectivity index (χ0) is 14.8. The van der Waals surface area contributed by atoms with Gasteiger partial charge >= 0.3 is 0 Å². The molecule has 2 aromatic carbocycles. The maximum Gasteiger partial charge on any atom is 0.248 e. The molecule has 0 saturated carbocycles. The number of nitrogens with one attached hydrogen (secondary N) is 1. The van der Waals surface area contributed by atoms with Crippen molar-refractivity contribution in [2.45, 2.75) is 16.6 Å². The molecule has 0 fully saturated rings. The second kappa shape index (κ2) is 5.61. The number of amides is 2. The highest BCUT2D eigenvalue weighted by Gasteiger charge is 2.27. The van der Waals surface area contributed by atoms with Crippen molar-refractivity contribution in [3.63, 3.8) is 0 Å². The van der Waals surface area contributed by atoms with Crippen LogP contribution in [0, 0.1) is 0 Å². The highest BCUT2D eigenvalue weighted by molar-refractivity contribution is 8.01. The van der Waals surface area contributed by atoms with Crippen molar-refractivity contribution >= 4 is 29.3 Å². The predicted octanol–water partition coefficient (Wildman–Crippen LogP) is 2.44. The largest absolute Gasteiger partial charge is 0.366 e. The normalized spacial score (nSPS) is 16.3. The number of primary amides is 1. The summed E-state index contributed by atoms with van der Waals surface area (Å²) in [6.45, 7) is 0. The lowest BCUT2D eigenvalue weighted by atomic mass is 10.1. The molecule has 1 aliphatic rings. The van der Waals surface area contributed by atoms with Crippen LogP contribution in [0.4, 0.5) is 5.69 Å². The Kier molecular flexibility index (Phi) is 3.66. The summed E-state index contributed by atoms with van der Waals surface area (Å²) in [5, 5.41) is 2.71. The molecule has 3 rings (SSSR count). The quantitative estimate of drug-likeness (QED) is 0.914. The molecule has 1 aliphatic heterocycles. The van der Waals surface area contributed by atoms with E-state index in [1.54, 1.807) is 36.0 Å². The summed E-state index contributed by atoms with van der Waals surface area (Å²) in [5.74, 6) is -0.563. The third-order valence-electron chi connectivity index (χ3n) is 3.35. The molecule has 2 aromatic rings. The van der Waals surface area contributed by atoms with E-state index in [0.717, 1.165) is 11.3 Å². The van der Waals surface area contributed by atoms with Crippen LogP contribution in [0.3, 0.4) is 0 Å². The van der Waals surface area contributed by atoms with Crippen LogP contribution in [0.15, 0.2) is 53.4 Å². The van der Waals surface area contributed by atoms with Crippen LogP contribution < -0.4 is 11.1 Å². The van der Waals surface area contributed by atoms with Gasteiger partial charge in [-0.2, -0.15) is 0 Å². The monoisotopic (exact) mass is 298 g/mol. The van der Waals surface area contributed by atoms with E-state index in [4.69, 9.17) is 5.73 Å². The summed E-state index contributed by atoms with van der Waals surface area (Å²) in [4.78, 5) is 24.6. The van der Waals surface area contributed by atoms with Crippen molar-refractivity contribution in [1.82, 2.24) is 0 Å². The van der Waals surface area contributed by atoms with E-state index in [0.29, 0.717) is 11.3 Å². The molecular formula is C16H14N2O2S. The first-order valence-electron chi connectivity index (χ1n) is 6.59. The van der Waals surface area contributed by atoms with Crippen LogP contribution in [0.25, 0.3) is 0 Å². The Morgan fingerprint density at radius 2 is 1.95 bits per heavy atom. The first-order chi connectivity index (χ1) is 10.1. The fraction of sp³-hybridized carbons (Fsp3) is 0.125. The van der Waals surface area contributed by atoms with Crippen LogP contribution in [0.2, 0.25) is 0 Å². The van der Waals surface area contributed by atoms with Gasteiger partial charge in [-0.15, -0.1) is 11.8 Å². The SMILES string of the molecule is NC(=O)c1cccc(NC(=O)[C@H]2Cc3ccccc3S2)c1. The summed E-state index contributed by atoms with van der Waals surface area (Å²) in [6.07, 6.45) is 0.724. The van der Waals surface area contributed by atoms with Gasteiger partial charge in [-0.1, -0.05) is 24.3 Å². The molecule has 1 heterocycles. The minimum Gasteiger partial charge on any atom is -0.366 e. The molecule has 3 N–H and O–H groups in total. The summed E-state index contributed by atoms with van der Waals surface area (Å²) < 4.78 is 0. The predicted molar refractivity (Wildman–Crippen MR) is 83.4 cm³/mol. The standard InChI is InChI=1S/C16H14N2O2S/c17-15(19)11-5-3-6-12(8-11)18-16(20)14-9-10-4-1-2-7-13(10)21-14/h1-8,14H,9H2,(H2,17,19)(H,18,20)/t14-/m1/s1. The van der Waals surface area contributed by atoms with Crippen LogP contribution in [-0.2, 0) is 11.2 Å². The maximum atomic E-state index is 12.3. The fourth-order valence-electron chi connectivity index (χ4n) is 2.30. The second-order valence-corrected chi connectivity index (χ2v) is 6.10. The van der Waals surface area contributed by atoms with Gasteiger partial charge < -0.3 is 11.1 Å². The fourth-order valence-corrected chi connectivity index (χ4v) is 3.50. The van der Waals surface area contributed by atoms with Crippen molar-refractivity contribution in [3.8, 4) is 0 Å². The molecule has 2 amide bonds. The number of carbonyl (C=O) groups is 2. The van der Waals surface area contributed by atoms with E-state index < -0.39 is 5.91 Å². The molecule has 21 heavy (non-hydrogen) atoms. The average molecular weight is 298 g/mol. The van der Waals surface area contributed by atoms with Crippen LogP contribution in [0.1, 0.15) is 15.9 Å². The third-order valence-corrected chi connectivity index (χ3v) is 4.67. The van der Waals surface area contributed by atoms with Crippen molar-refractivity contribution in [3.05, 3.63) is 59.7 Å². The summed E-state index contributed by atoms with van der Waals surface area (Å²) >= 11 is 1.57. The van der Waals surface area contributed by atoms with Crippen molar-refractivity contribution in [2.75, 3.05) is 5.32 Å². The molecule has 0 bridgehead atoms. The van der Waals surface area contributed by atoms with Gasteiger partial charge in [-0.25, -0.2) is 0 Å². The lowest BCUT2D eigenvalue weighted by Gasteiger charge is -2.10. The Labute approximate surface area is 126 Å². The van der Waals surface area contributed by atoms with Gasteiger partial charge in [-0.3, -0.25) is 9.59 Å². The maximum absolute atomic E-state index is 12.3. The highest BCUT2D eigenvalue weighted by atomic mass is 32.2. The second-order valence-electron chi connectivity index (χ2n) is 4.85. The van der Waals surface area contributed by atoms with Crippen molar-refractivity contribution in [1.29, 1.82) is 0 Å². The average Bonchev–Trinajstić information content (AvgIpc) is 2.91. The summed E-state index contributed by atoms with van der Waals surface area (Å²) in [6, 6.07) is 14.7. The number of anilines is 1. The number of thioether (sulfide) groups is 1. The lowest BCUT2D eigenvalue weighted by molar-refractivity contribution is -0.115. The topological polar surface area (TPSA) is 72.2 Å². The molecule has 0 radical (unpaired) electrons. The van der Waals surface area contributed by atoms with E-state index in [2.05, 4.69) is 5.32 Å². The van der Waals surface area contributed by atoms with E-state index in [9.17, 15) is 9.59 Å². The highest BCUT2D eigenvalue weighted by Crippen LogP contribution is 2.37. The molecule has 1 atom stereocenters. The summed E-state index contributed by atoms with van der Waals surface area (Å²) in [5.41, 5.74) is 7.41. The zero-order valence-electron chi connectivity index (χ0n) is 11.2. The van der Waals surface area contributed by atoms with Gasteiger partial charge in [0.2, 0.25) is 11.8 Å². The Hall–Kier alpha value is -2.27. The Balaban J connectivity index is 1.71. The smallest absolute Gasteiger partial charge is 0.248 e. The molecule has 106 valence electrons. The van der Waals surface area contributed by atoms with Crippen LogP contribution in [0.5, 0.6) is 0 Å². The molecule has 4 nitrogen and oxygen atoms in total. The minimum atomic E-state index is -0.506. The number of nitrogens with two attached hydrogens (primary N) is 1. The number of benzene rings is 2. The van der Waals surface area contributed by atoms with Crippen molar-refractivity contribution in [2.24, 2.45) is 5.73 Å². The van der Waals surface area contributed by atoms with Gasteiger partial charge in [-0.05, 0) is 36.2 Å². The molecule has 0 spiro atoms. The Morgan fingerprint density at radius 3 is 2.71 bits per heavy atom. The molecular weight excluding hydrogens is 284 g/mol. The van der Waals surface area contributed by atoms with Crippen LogP contribution >= 0.6 is 11.8 Å². The zero-order valence-corrected chi connectivity index (χ0v) is 12.0. The minimum absolute atomic E-state index is 0.0576. The molecule has 0 aliphatic carbocycles. The Bertz CT molecular complexity index is 690. The molecule has 0 saturated heterocycles. The van der Waals surface area contributed by atoms with Gasteiger partial charge in [0.1, 0.15) is 0 Å². The van der Waals surface area contributed by atoms with Gasteiger partial charge in [0.05, 0.1) is 5.25 Å². The number of rotatable bonds is 3. The van der Waals surface area contributed by atoms with Crippen LogP contribution in [-0.4, -0.2) is 17.1 Å². The third kappa shape index (κ3) is 2.92. The molecule has 5 heteroatoms. The first kappa shape index (κ1) is 13.7. The van der Waals surface area contributed by atoms with Gasteiger partial charge in [0.15, 0.2) is 0 Å². The van der Waals surface area contributed by atoms with Crippen molar-refractivity contribution < 1.29 is 9.59 Å². The molecule has 0 aromatic heterocycles. The number of hydrogen-bond donors (Lipinski definition) is 2. The molecule has 0 unspecified atom stereocenters. The number of fused-ring (bicyclic) bond motifs is 1. The first-order valence-corrected chi connectivity index (χ1v) is 7.47. The van der Waals surface area contributed by atoms with E-state index >= 15 is 0 Å². The van der Waals surface area contributed by atoms with E-state index in [1.165, 1.54) is 5.56 Å². The van der Waals surface area contributed by atoms with Gasteiger partial charge in [0.25, 0.3) is 0 Å². The Morgan fingerprint density at radius 1 is 1.14 bits per heavy atom. The van der Waals surface area contributed by atoms with E-state index in [1.807, 2.05) is 24.3 Å². The van der Waals surface area contributed by atoms with E-state index in [-0.39, 0.29) is 11.2 Å². The summed E-state index contributed by atoms with van der Waals surface area (Å²) in [7, 11) is 0. The lowest BCUT2D eigenvalue weighted by Crippen LogP contribution is -2.24. The van der Waals surface area contributed by atoms with Gasteiger partial charge in [0, 0.05) is 16.1 Å².